The Morgan fingerprint density at radius 3 is 2.50 bits per heavy atom. The molecule has 0 saturated heterocycles. The van der Waals surface area contributed by atoms with E-state index in [4.69, 9.17) is 4.98 Å². The number of rotatable bonds is 2. The van der Waals surface area contributed by atoms with Gasteiger partial charge in [0, 0.05) is 6.42 Å². The molecule has 1 aromatic heterocycles. The fourth-order valence-electron chi connectivity index (χ4n) is 2.52. The Morgan fingerprint density at radius 2 is 1.60 bits per heavy atom. The molecule has 0 aliphatic carbocycles. The SMILES string of the molecule is c1ccc2cc(Cc3nc4ccccc4s3)ccc2c1. The van der Waals surface area contributed by atoms with Gasteiger partial charge < -0.3 is 0 Å². The molecule has 0 bridgehead atoms. The van der Waals surface area contributed by atoms with Crippen LogP contribution in [0.4, 0.5) is 0 Å². The van der Waals surface area contributed by atoms with Crippen LogP contribution in [0, 0.1) is 0 Å². The first-order chi connectivity index (χ1) is 9.88. The van der Waals surface area contributed by atoms with Gasteiger partial charge in [-0.05, 0) is 28.5 Å². The van der Waals surface area contributed by atoms with Gasteiger partial charge in [-0.15, -0.1) is 11.3 Å². The van der Waals surface area contributed by atoms with Crippen LogP contribution in [-0.4, -0.2) is 4.98 Å². The first-order valence-electron chi connectivity index (χ1n) is 6.71. The molecule has 0 N–H and O–H groups in total. The topological polar surface area (TPSA) is 12.9 Å². The van der Waals surface area contributed by atoms with E-state index in [2.05, 4.69) is 60.7 Å². The molecule has 0 spiro atoms. The van der Waals surface area contributed by atoms with Gasteiger partial charge in [0.25, 0.3) is 0 Å². The maximum absolute atomic E-state index is 4.71. The van der Waals surface area contributed by atoms with Crippen LogP contribution < -0.4 is 0 Å². The number of hydrogen-bond acceptors (Lipinski definition) is 2. The predicted molar refractivity (Wildman–Crippen MR) is 86.4 cm³/mol. The van der Waals surface area contributed by atoms with E-state index in [1.807, 2.05) is 6.07 Å². The van der Waals surface area contributed by atoms with Crippen molar-refractivity contribution in [2.24, 2.45) is 0 Å². The van der Waals surface area contributed by atoms with Crippen molar-refractivity contribution in [3.8, 4) is 0 Å². The summed E-state index contributed by atoms with van der Waals surface area (Å²) in [7, 11) is 0. The van der Waals surface area contributed by atoms with E-state index in [1.165, 1.54) is 26.0 Å². The first-order valence-corrected chi connectivity index (χ1v) is 7.52. The lowest BCUT2D eigenvalue weighted by Gasteiger charge is -2.01. The Hall–Kier alpha value is -2.19. The Labute approximate surface area is 121 Å². The van der Waals surface area contributed by atoms with E-state index in [9.17, 15) is 0 Å². The third kappa shape index (κ3) is 2.08. The van der Waals surface area contributed by atoms with Crippen molar-refractivity contribution in [3.05, 3.63) is 77.3 Å². The molecule has 0 aliphatic rings. The number of fused-ring (bicyclic) bond motifs is 2. The summed E-state index contributed by atoms with van der Waals surface area (Å²) < 4.78 is 1.27. The van der Waals surface area contributed by atoms with Gasteiger partial charge in [-0.2, -0.15) is 0 Å². The zero-order valence-electron chi connectivity index (χ0n) is 10.9. The summed E-state index contributed by atoms with van der Waals surface area (Å²) >= 11 is 1.79. The predicted octanol–water partition coefficient (Wildman–Crippen LogP) is 5.04. The minimum atomic E-state index is 0.907. The van der Waals surface area contributed by atoms with Crippen LogP contribution in [0.5, 0.6) is 0 Å². The highest BCUT2D eigenvalue weighted by Gasteiger charge is 2.04. The Balaban J connectivity index is 1.72. The third-order valence-electron chi connectivity index (χ3n) is 3.51. The molecule has 0 atom stereocenters. The lowest BCUT2D eigenvalue weighted by atomic mass is 10.1. The average molecular weight is 275 g/mol. The molecule has 1 heterocycles. The number of para-hydroxylation sites is 1. The van der Waals surface area contributed by atoms with Crippen molar-refractivity contribution in [3.63, 3.8) is 0 Å². The monoisotopic (exact) mass is 275 g/mol. The Morgan fingerprint density at radius 1 is 0.800 bits per heavy atom. The van der Waals surface area contributed by atoms with Gasteiger partial charge in [-0.1, -0.05) is 54.6 Å². The molecule has 0 radical (unpaired) electrons. The molecular weight excluding hydrogens is 262 g/mol. The molecule has 96 valence electrons. The zero-order chi connectivity index (χ0) is 13.4. The summed E-state index contributed by atoms with van der Waals surface area (Å²) in [6, 6.07) is 23.5. The zero-order valence-corrected chi connectivity index (χ0v) is 11.7. The second-order valence-corrected chi connectivity index (χ2v) is 6.05. The highest BCUT2D eigenvalue weighted by Crippen LogP contribution is 2.24. The molecule has 0 unspecified atom stereocenters. The van der Waals surface area contributed by atoms with E-state index < -0.39 is 0 Å². The minimum Gasteiger partial charge on any atom is -0.241 e. The normalized spacial score (nSPS) is 11.2. The molecule has 3 aromatic carbocycles. The van der Waals surface area contributed by atoms with Gasteiger partial charge in [-0.3, -0.25) is 0 Å². The second kappa shape index (κ2) is 4.73. The fourth-order valence-corrected chi connectivity index (χ4v) is 3.52. The highest BCUT2D eigenvalue weighted by molar-refractivity contribution is 7.18. The van der Waals surface area contributed by atoms with Crippen molar-refractivity contribution in [1.29, 1.82) is 0 Å². The van der Waals surface area contributed by atoms with Crippen LogP contribution in [0.2, 0.25) is 0 Å². The van der Waals surface area contributed by atoms with E-state index in [0.29, 0.717) is 0 Å². The summed E-state index contributed by atoms with van der Waals surface area (Å²) in [5.41, 5.74) is 2.43. The smallest absolute Gasteiger partial charge is 0.0982 e. The van der Waals surface area contributed by atoms with Crippen molar-refractivity contribution in [2.45, 2.75) is 6.42 Å². The van der Waals surface area contributed by atoms with Crippen LogP contribution in [0.1, 0.15) is 10.6 Å². The fraction of sp³-hybridized carbons (Fsp3) is 0.0556. The van der Waals surface area contributed by atoms with Gasteiger partial charge in [0.05, 0.1) is 15.2 Å². The maximum Gasteiger partial charge on any atom is 0.0982 e. The lowest BCUT2D eigenvalue weighted by Crippen LogP contribution is -1.86. The van der Waals surface area contributed by atoms with E-state index in [1.54, 1.807) is 11.3 Å². The molecule has 2 heteroatoms. The van der Waals surface area contributed by atoms with Crippen molar-refractivity contribution in [2.75, 3.05) is 0 Å². The number of nitrogens with zero attached hydrogens (tertiary/aromatic N) is 1. The van der Waals surface area contributed by atoms with Crippen LogP contribution in [0.15, 0.2) is 66.7 Å². The summed E-state index contributed by atoms with van der Waals surface area (Å²) in [6.07, 6.45) is 0.907. The molecule has 4 aromatic rings. The quantitative estimate of drug-likeness (QED) is 0.499. The average Bonchev–Trinajstić information content (AvgIpc) is 2.89. The van der Waals surface area contributed by atoms with E-state index in [-0.39, 0.29) is 0 Å². The van der Waals surface area contributed by atoms with Gasteiger partial charge in [-0.25, -0.2) is 4.98 Å². The van der Waals surface area contributed by atoms with Crippen LogP contribution in [-0.2, 0) is 6.42 Å². The van der Waals surface area contributed by atoms with Gasteiger partial charge >= 0.3 is 0 Å². The van der Waals surface area contributed by atoms with Gasteiger partial charge in [0.15, 0.2) is 0 Å². The Kier molecular flexibility index (Phi) is 2.75. The molecule has 0 amide bonds. The van der Waals surface area contributed by atoms with Gasteiger partial charge in [0.2, 0.25) is 0 Å². The molecule has 0 fully saturated rings. The summed E-state index contributed by atoms with van der Waals surface area (Å²) in [4.78, 5) is 4.71. The summed E-state index contributed by atoms with van der Waals surface area (Å²) in [5.74, 6) is 0. The minimum absolute atomic E-state index is 0.907. The van der Waals surface area contributed by atoms with E-state index in [0.717, 1.165) is 11.9 Å². The van der Waals surface area contributed by atoms with Crippen LogP contribution in [0.25, 0.3) is 21.0 Å². The number of benzene rings is 3. The van der Waals surface area contributed by atoms with Crippen molar-refractivity contribution in [1.82, 2.24) is 4.98 Å². The third-order valence-corrected chi connectivity index (χ3v) is 4.54. The van der Waals surface area contributed by atoms with Crippen molar-refractivity contribution >= 4 is 32.3 Å². The van der Waals surface area contributed by atoms with Crippen LogP contribution >= 0.6 is 11.3 Å². The van der Waals surface area contributed by atoms with Gasteiger partial charge in [0.1, 0.15) is 0 Å². The number of thiazole rings is 1. The summed E-state index contributed by atoms with van der Waals surface area (Å²) in [5, 5.41) is 3.77. The highest BCUT2D eigenvalue weighted by atomic mass is 32.1. The van der Waals surface area contributed by atoms with E-state index >= 15 is 0 Å². The first kappa shape index (κ1) is 11.6. The molecule has 4 rings (SSSR count). The molecule has 0 aliphatic heterocycles. The largest absolute Gasteiger partial charge is 0.241 e. The molecular formula is C18H13NS. The maximum atomic E-state index is 4.71. The summed E-state index contributed by atoms with van der Waals surface area (Å²) in [6.45, 7) is 0. The van der Waals surface area contributed by atoms with Crippen LogP contribution in [0.3, 0.4) is 0 Å². The molecule has 0 saturated carbocycles. The lowest BCUT2D eigenvalue weighted by molar-refractivity contribution is 1.16. The Bertz CT molecular complexity index is 859. The molecule has 1 nitrogen and oxygen atoms in total. The second-order valence-electron chi connectivity index (χ2n) is 4.93. The number of aromatic nitrogens is 1. The van der Waals surface area contributed by atoms with Crippen molar-refractivity contribution < 1.29 is 0 Å². The standard InChI is InChI=1S/C18H13NS/c1-2-6-15-11-13(9-10-14(15)5-1)12-18-19-16-7-3-4-8-17(16)20-18/h1-11H,12H2. The number of hydrogen-bond donors (Lipinski definition) is 0. The molecule has 20 heavy (non-hydrogen) atoms.